The Balaban J connectivity index is 1.58. The second-order valence-electron chi connectivity index (χ2n) is 7.17. The summed E-state index contributed by atoms with van der Waals surface area (Å²) >= 11 is 0. The zero-order valence-corrected chi connectivity index (χ0v) is 14.6. The summed E-state index contributed by atoms with van der Waals surface area (Å²) in [5, 5.41) is 9.87. The molecule has 0 unspecified atom stereocenters. The number of fused-ring (bicyclic) bond motifs is 1. The Morgan fingerprint density at radius 3 is 2.74 bits per heavy atom. The maximum Gasteiger partial charge on any atom is 0.410 e. The van der Waals surface area contributed by atoms with Crippen molar-refractivity contribution in [3.8, 4) is 0 Å². The average molecular weight is 382 g/mol. The van der Waals surface area contributed by atoms with Gasteiger partial charge in [-0.05, 0) is 25.0 Å². The summed E-state index contributed by atoms with van der Waals surface area (Å²) in [4.78, 5) is 12.5. The molecular formula is C18H21F3N4O2. The highest BCUT2D eigenvalue weighted by Crippen LogP contribution is 2.43. The minimum absolute atomic E-state index is 0.00239. The molecule has 1 amide bonds. The molecule has 1 aliphatic heterocycles. The molecule has 2 atom stereocenters. The van der Waals surface area contributed by atoms with Crippen LogP contribution < -0.4 is 10.6 Å². The topological polar surface area (TPSA) is 72.1 Å². The van der Waals surface area contributed by atoms with Gasteiger partial charge in [-0.3, -0.25) is 4.79 Å². The fraction of sp³-hybridized carbons (Fsp3) is 0.556. The highest BCUT2D eigenvalue weighted by molar-refractivity contribution is 5.93. The quantitative estimate of drug-likeness (QED) is 0.835. The number of alkyl halides is 3. The van der Waals surface area contributed by atoms with Gasteiger partial charge in [-0.15, -0.1) is 0 Å². The van der Waals surface area contributed by atoms with Gasteiger partial charge in [-0.2, -0.15) is 18.3 Å². The molecule has 0 spiro atoms. The Labute approximate surface area is 154 Å². The molecule has 2 aromatic heterocycles. The van der Waals surface area contributed by atoms with Crippen LogP contribution in [0.2, 0.25) is 0 Å². The van der Waals surface area contributed by atoms with Gasteiger partial charge in [-0.25, -0.2) is 4.68 Å². The lowest BCUT2D eigenvalue weighted by Crippen LogP contribution is -2.37. The number of rotatable bonds is 3. The highest BCUT2D eigenvalue weighted by Gasteiger charge is 2.47. The zero-order valence-electron chi connectivity index (χ0n) is 14.6. The molecule has 4 rings (SSSR count). The van der Waals surface area contributed by atoms with E-state index in [-0.39, 0.29) is 24.0 Å². The lowest BCUT2D eigenvalue weighted by Gasteiger charge is -2.32. The fourth-order valence-corrected chi connectivity index (χ4v) is 3.87. The molecule has 6 nitrogen and oxygen atoms in total. The number of furan rings is 1. The van der Waals surface area contributed by atoms with Crippen LogP contribution in [0.1, 0.15) is 66.9 Å². The van der Waals surface area contributed by atoms with Gasteiger partial charge < -0.3 is 15.1 Å². The number of anilines is 1. The summed E-state index contributed by atoms with van der Waals surface area (Å²) in [6.07, 6.45) is 1.72. The van der Waals surface area contributed by atoms with Crippen LogP contribution in [0, 0.1) is 0 Å². The van der Waals surface area contributed by atoms with E-state index in [1.165, 1.54) is 12.3 Å². The van der Waals surface area contributed by atoms with Crippen molar-refractivity contribution in [1.29, 1.82) is 0 Å². The van der Waals surface area contributed by atoms with Gasteiger partial charge >= 0.3 is 6.18 Å². The van der Waals surface area contributed by atoms with Gasteiger partial charge in [0.2, 0.25) is 0 Å². The van der Waals surface area contributed by atoms with Crippen LogP contribution in [0.5, 0.6) is 0 Å². The monoisotopic (exact) mass is 382 g/mol. The molecular weight excluding hydrogens is 361 g/mol. The summed E-state index contributed by atoms with van der Waals surface area (Å²) < 4.78 is 46.9. The number of halogens is 3. The van der Waals surface area contributed by atoms with E-state index >= 15 is 0 Å². The first kappa shape index (κ1) is 17.9. The van der Waals surface area contributed by atoms with Gasteiger partial charge in [0.05, 0.1) is 12.3 Å². The van der Waals surface area contributed by atoms with Crippen molar-refractivity contribution in [2.24, 2.45) is 0 Å². The Morgan fingerprint density at radius 2 is 2.07 bits per heavy atom. The molecule has 9 heteroatoms. The summed E-state index contributed by atoms with van der Waals surface area (Å²) in [6, 6.07) is 2.26. The third kappa shape index (κ3) is 3.68. The fourth-order valence-electron chi connectivity index (χ4n) is 3.87. The lowest BCUT2D eigenvalue weighted by molar-refractivity contribution is -0.174. The van der Waals surface area contributed by atoms with Crippen LogP contribution in [0.15, 0.2) is 28.9 Å². The van der Waals surface area contributed by atoms with Crippen LogP contribution in [-0.2, 0) is 0 Å². The van der Waals surface area contributed by atoms with Crippen molar-refractivity contribution in [3.63, 3.8) is 0 Å². The van der Waals surface area contributed by atoms with E-state index in [4.69, 9.17) is 4.42 Å². The molecule has 0 radical (unpaired) electrons. The van der Waals surface area contributed by atoms with Crippen LogP contribution in [0.3, 0.4) is 0 Å². The molecule has 1 fully saturated rings. The standard InChI is InChI=1S/C18H21F3N4O2/c19-18(20,21)15-9-12(14-7-4-8-27-14)23-16-10-13(24-25(15)16)17(26)22-11-5-2-1-3-6-11/h4,7-8,10-12,15,23H,1-3,5-6,9H2,(H,22,26)/t12-,15+/m0/s1. The van der Waals surface area contributed by atoms with Crippen LogP contribution in [0.4, 0.5) is 19.0 Å². The molecule has 3 heterocycles. The van der Waals surface area contributed by atoms with Gasteiger partial charge in [0.1, 0.15) is 11.6 Å². The van der Waals surface area contributed by atoms with Gasteiger partial charge in [0.15, 0.2) is 11.7 Å². The number of nitrogens with zero attached hydrogens (tertiary/aromatic N) is 2. The first-order chi connectivity index (χ1) is 12.9. The largest absolute Gasteiger partial charge is 0.467 e. The summed E-state index contributed by atoms with van der Waals surface area (Å²) in [7, 11) is 0. The number of amides is 1. The van der Waals surface area contributed by atoms with E-state index in [0.29, 0.717) is 5.76 Å². The Bertz CT molecular complexity index is 794. The van der Waals surface area contributed by atoms with E-state index in [9.17, 15) is 18.0 Å². The molecule has 27 heavy (non-hydrogen) atoms. The number of hydrogen-bond donors (Lipinski definition) is 2. The van der Waals surface area contributed by atoms with Gasteiger partial charge in [0.25, 0.3) is 5.91 Å². The van der Waals surface area contributed by atoms with Crippen molar-refractivity contribution in [1.82, 2.24) is 15.1 Å². The van der Waals surface area contributed by atoms with Crippen LogP contribution in [-0.4, -0.2) is 27.9 Å². The first-order valence-corrected chi connectivity index (χ1v) is 9.19. The number of aromatic nitrogens is 2. The lowest BCUT2D eigenvalue weighted by atomic mass is 9.95. The summed E-state index contributed by atoms with van der Waals surface area (Å²) in [6.45, 7) is 0. The molecule has 2 aliphatic rings. The van der Waals surface area contributed by atoms with Crippen LogP contribution in [0.25, 0.3) is 0 Å². The molecule has 1 aliphatic carbocycles. The SMILES string of the molecule is O=C(NC1CCCCC1)c1cc2n(n1)[C@@H](C(F)(F)F)C[C@@H](c1ccco1)N2. The van der Waals surface area contributed by atoms with Crippen molar-refractivity contribution in [2.75, 3.05) is 5.32 Å². The average Bonchev–Trinajstić information content (AvgIpc) is 3.30. The van der Waals surface area contributed by atoms with Crippen molar-refractivity contribution >= 4 is 11.7 Å². The minimum Gasteiger partial charge on any atom is -0.467 e. The summed E-state index contributed by atoms with van der Waals surface area (Å²) in [5.41, 5.74) is -0.00239. The van der Waals surface area contributed by atoms with Crippen molar-refractivity contribution in [2.45, 2.75) is 62.8 Å². The van der Waals surface area contributed by atoms with Gasteiger partial charge in [0, 0.05) is 18.5 Å². The number of carbonyl (C=O) groups is 1. The first-order valence-electron chi connectivity index (χ1n) is 9.19. The molecule has 0 saturated heterocycles. The Morgan fingerprint density at radius 1 is 1.30 bits per heavy atom. The maximum atomic E-state index is 13.6. The predicted molar refractivity (Wildman–Crippen MR) is 91.3 cm³/mol. The van der Waals surface area contributed by atoms with Crippen molar-refractivity contribution < 1.29 is 22.4 Å². The summed E-state index contributed by atoms with van der Waals surface area (Å²) in [5.74, 6) is 0.157. The molecule has 1 saturated carbocycles. The van der Waals surface area contributed by atoms with E-state index in [2.05, 4.69) is 15.7 Å². The van der Waals surface area contributed by atoms with Crippen LogP contribution >= 0.6 is 0 Å². The smallest absolute Gasteiger partial charge is 0.410 e. The van der Waals surface area contributed by atoms with Crippen molar-refractivity contribution in [3.05, 3.63) is 35.9 Å². The molecule has 0 bridgehead atoms. The third-order valence-electron chi connectivity index (χ3n) is 5.25. The minimum atomic E-state index is -4.48. The Kier molecular flexibility index (Phi) is 4.61. The number of hydrogen-bond acceptors (Lipinski definition) is 4. The molecule has 146 valence electrons. The van der Waals surface area contributed by atoms with Gasteiger partial charge in [-0.1, -0.05) is 19.3 Å². The normalized spacial score (nSPS) is 23.5. The van der Waals surface area contributed by atoms with E-state index in [1.54, 1.807) is 12.1 Å². The maximum absolute atomic E-state index is 13.6. The predicted octanol–water partition coefficient (Wildman–Crippen LogP) is 4.20. The highest BCUT2D eigenvalue weighted by atomic mass is 19.4. The molecule has 2 N–H and O–H groups in total. The molecule has 2 aromatic rings. The second-order valence-corrected chi connectivity index (χ2v) is 7.17. The van der Waals surface area contributed by atoms with E-state index < -0.39 is 24.2 Å². The number of carbonyl (C=O) groups excluding carboxylic acids is 1. The second kappa shape index (κ2) is 6.94. The van der Waals surface area contributed by atoms with E-state index in [0.717, 1.165) is 36.8 Å². The van der Waals surface area contributed by atoms with E-state index in [1.807, 2.05) is 0 Å². The zero-order chi connectivity index (χ0) is 19.0. The third-order valence-corrected chi connectivity index (χ3v) is 5.25. The number of nitrogens with one attached hydrogen (secondary N) is 2. The molecule has 0 aromatic carbocycles. The Hall–Kier alpha value is -2.45.